The second-order valence-corrected chi connectivity index (χ2v) is 5.37. The quantitative estimate of drug-likeness (QED) is 0.808. The number of rotatable bonds is 6. The van der Waals surface area contributed by atoms with Crippen molar-refractivity contribution in [2.45, 2.75) is 25.3 Å². The average Bonchev–Trinajstić information content (AvgIpc) is 2.85. The number of carbonyl (C=O) groups excluding carboxylic acids is 1. The van der Waals surface area contributed by atoms with E-state index >= 15 is 0 Å². The molecule has 112 valence electrons. The van der Waals surface area contributed by atoms with Crippen molar-refractivity contribution in [3.63, 3.8) is 0 Å². The number of amides is 1. The van der Waals surface area contributed by atoms with Crippen LogP contribution >= 0.6 is 0 Å². The summed E-state index contributed by atoms with van der Waals surface area (Å²) >= 11 is 0. The van der Waals surface area contributed by atoms with Crippen LogP contribution in [0.4, 0.5) is 0 Å². The lowest BCUT2D eigenvalue weighted by atomic mass is 10.1. The molecular formula is C14H24N4O2. The lowest BCUT2D eigenvalue weighted by Crippen LogP contribution is -2.44. The Morgan fingerprint density at radius 1 is 1.65 bits per heavy atom. The lowest BCUT2D eigenvalue weighted by molar-refractivity contribution is -0.131. The van der Waals surface area contributed by atoms with Crippen molar-refractivity contribution in [2.75, 3.05) is 33.4 Å². The predicted octanol–water partition coefficient (Wildman–Crippen LogP) is 0.190. The van der Waals surface area contributed by atoms with Gasteiger partial charge in [0, 0.05) is 45.8 Å². The number of nitrogens with one attached hydrogen (secondary N) is 1. The summed E-state index contributed by atoms with van der Waals surface area (Å²) < 4.78 is 7.17. The van der Waals surface area contributed by atoms with Crippen LogP contribution in [0.3, 0.4) is 0 Å². The van der Waals surface area contributed by atoms with Gasteiger partial charge < -0.3 is 15.0 Å². The SMILES string of the molecule is CN(CCCc1cnn(C)c1)C(=O)C[C@H]1COCCN1. The van der Waals surface area contributed by atoms with Crippen LogP contribution in [0.1, 0.15) is 18.4 Å². The summed E-state index contributed by atoms with van der Waals surface area (Å²) in [7, 11) is 3.79. The first kappa shape index (κ1) is 15.0. The third-order valence-electron chi connectivity index (χ3n) is 3.56. The fourth-order valence-electron chi connectivity index (χ4n) is 2.36. The number of hydrogen-bond donors (Lipinski definition) is 1. The molecule has 1 aromatic heterocycles. The predicted molar refractivity (Wildman–Crippen MR) is 76.4 cm³/mol. The summed E-state index contributed by atoms with van der Waals surface area (Å²) in [5.41, 5.74) is 1.22. The van der Waals surface area contributed by atoms with Crippen molar-refractivity contribution in [3.8, 4) is 0 Å². The van der Waals surface area contributed by atoms with Crippen LogP contribution in [-0.2, 0) is 23.0 Å². The molecule has 0 spiro atoms. The molecule has 0 radical (unpaired) electrons. The van der Waals surface area contributed by atoms with Gasteiger partial charge in [-0.05, 0) is 18.4 Å². The molecule has 0 bridgehead atoms. The van der Waals surface area contributed by atoms with E-state index in [1.807, 2.05) is 31.4 Å². The Morgan fingerprint density at radius 3 is 3.15 bits per heavy atom. The standard InChI is InChI=1S/C14H24N4O2/c1-17(6-3-4-12-9-16-18(2)10-12)14(19)8-13-11-20-7-5-15-13/h9-10,13,15H,3-8,11H2,1-2H3/t13-/m0/s1. The summed E-state index contributed by atoms with van der Waals surface area (Å²) in [5.74, 6) is 0.180. The highest BCUT2D eigenvalue weighted by Crippen LogP contribution is 2.05. The normalized spacial score (nSPS) is 19.0. The molecule has 1 fully saturated rings. The van der Waals surface area contributed by atoms with Crippen LogP contribution in [-0.4, -0.2) is 60.0 Å². The van der Waals surface area contributed by atoms with Crippen molar-refractivity contribution >= 4 is 5.91 Å². The number of morpholine rings is 1. The molecule has 0 unspecified atom stereocenters. The van der Waals surface area contributed by atoms with Gasteiger partial charge in [0.2, 0.25) is 5.91 Å². The number of hydrogen-bond acceptors (Lipinski definition) is 4. The van der Waals surface area contributed by atoms with Gasteiger partial charge in [-0.15, -0.1) is 0 Å². The fraction of sp³-hybridized carbons (Fsp3) is 0.714. The van der Waals surface area contributed by atoms with Gasteiger partial charge in [0.15, 0.2) is 0 Å². The number of aromatic nitrogens is 2. The monoisotopic (exact) mass is 280 g/mol. The zero-order valence-electron chi connectivity index (χ0n) is 12.3. The Morgan fingerprint density at radius 2 is 2.50 bits per heavy atom. The van der Waals surface area contributed by atoms with Gasteiger partial charge in [0.05, 0.1) is 19.4 Å². The molecule has 0 aliphatic carbocycles. The highest BCUT2D eigenvalue weighted by molar-refractivity contribution is 5.76. The molecule has 1 atom stereocenters. The molecule has 1 aliphatic rings. The second kappa shape index (κ2) is 7.40. The largest absolute Gasteiger partial charge is 0.378 e. The molecule has 20 heavy (non-hydrogen) atoms. The number of ether oxygens (including phenoxy) is 1. The minimum Gasteiger partial charge on any atom is -0.378 e. The van der Waals surface area contributed by atoms with Crippen molar-refractivity contribution in [1.82, 2.24) is 20.0 Å². The maximum atomic E-state index is 12.1. The molecule has 1 amide bonds. The number of carbonyl (C=O) groups is 1. The Labute approximate surface area is 120 Å². The van der Waals surface area contributed by atoms with Gasteiger partial charge in [0.1, 0.15) is 0 Å². The van der Waals surface area contributed by atoms with E-state index in [2.05, 4.69) is 10.4 Å². The van der Waals surface area contributed by atoms with Crippen LogP contribution < -0.4 is 5.32 Å². The van der Waals surface area contributed by atoms with Crippen LogP contribution in [0, 0.1) is 0 Å². The molecule has 6 heteroatoms. The van der Waals surface area contributed by atoms with Crippen LogP contribution in [0.25, 0.3) is 0 Å². The molecule has 0 aromatic carbocycles. The zero-order valence-corrected chi connectivity index (χ0v) is 12.3. The topological polar surface area (TPSA) is 59.4 Å². The summed E-state index contributed by atoms with van der Waals surface area (Å²) in [5, 5.41) is 7.45. The van der Waals surface area contributed by atoms with Gasteiger partial charge in [-0.25, -0.2) is 0 Å². The smallest absolute Gasteiger partial charge is 0.223 e. The summed E-state index contributed by atoms with van der Waals surface area (Å²) in [6.45, 7) is 2.99. The average molecular weight is 280 g/mol. The van der Waals surface area contributed by atoms with Gasteiger partial charge in [-0.3, -0.25) is 9.48 Å². The van der Waals surface area contributed by atoms with Crippen molar-refractivity contribution in [3.05, 3.63) is 18.0 Å². The first-order valence-electron chi connectivity index (χ1n) is 7.18. The van der Waals surface area contributed by atoms with Gasteiger partial charge in [-0.2, -0.15) is 5.10 Å². The van der Waals surface area contributed by atoms with Gasteiger partial charge in [0.25, 0.3) is 0 Å². The molecular weight excluding hydrogens is 256 g/mol. The van der Waals surface area contributed by atoms with E-state index in [1.165, 1.54) is 5.56 Å². The zero-order chi connectivity index (χ0) is 14.4. The minimum atomic E-state index is 0.164. The molecule has 1 N–H and O–H groups in total. The van der Waals surface area contributed by atoms with Gasteiger partial charge in [-0.1, -0.05) is 0 Å². The maximum Gasteiger partial charge on any atom is 0.223 e. The minimum absolute atomic E-state index is 0.164. The Bertz CT molecular complexity index is 427. The van der Waals surface area contributed by atoms with Crippen molar-refractivity contribution in [2.24, 2.45) is 7.05 Å². The second-order valence-electron chi connectivity index (χ2n) is 5.37. The van der Waals surface area contributed by atoms with E-state index in [0.29, 0.717) is 13.0 Å². The first-order valence-corrected chi connectivity index (χ1v) is 7.18. The van der Waals surface area contributed by atoms with E-state index in [0.717, 1.165) is 32.5 Å². The Kier molecular flexibility index (Phi) is 5.55. The Balaban J connectivity index is 1.65. The molecule has 2 heterocycles. The molecule has 1 saturated heterocycles. The third kappa shape index (κ3) is 4.61. The molecule has 0 saturated carbocycles. The third-order valence-corrected chi connectivity index (χ3v) is 3.56. The van der Waals surface area contributed by atoms with Crippen LogP contribution in [0.5, 0.6) is 0 Å². The maximum absolute atomic E-state index is 12.1. The van der Waals surface area contributed by atoms with Crippen molar-refractivity contribution in [1.29, 1.82) is 0 Å². The van der Waals surface area contributed by atoms with E-state index in [1.54, 1.807) is 4.68 Å². The van der Waals surface area contributed by atoms with E-state index < -0.39 is 0 Å². The van der Waals surface area contributed by atoms with Crippen LogP contribution in [0.15, 0.2) is 12.4 Å². The van der Waals surface area contributed by atoms with Crippen molar-refractivity contribution < 1.29 is 9.53 Å². The molecule has 6 nitrogen and oxygen atoms in total. The lowest BCUT2D eigenvalue weighted by Gasteiger charge is -2.25. The molecule has 1 aliphatic heterocycles. The highest BCUT2D eigenvalue weighted by Gasteiger charge is 2.18. The van der Waals surface area contributed by atoms with Crippen LogP contribution in [0.2, 0.25) is 0 Å². The first-order chi connectivity index (χ1) is 9.65. The number of nitrogens with zero attached hydrogens (tertiary/aromatic N) is 3. The van der Waals surface area contributed by atoms with E-state index in [4.69, 9.17) is 4.74 Å². The molecule has 1 aromatic rings. The summed E-state index contributed by atoms with van der Waals surface area (Å²) in [6, 6.07) is 0.164. The van der Waals surface area contributed by atoms with E-state index in [-0.39, 0.29) is 11.9 Å². The number of aryl methyl sites for hydroxylation is 2. The summed E-state index contributed by atoms with van der Waals surface area (Å²) in [4.78, 5) is 13.9. The van der Waals surface area contributed by atoms with E-state index in [9.17, 15) is 4.79 Å². The summed E-state index contributed by atoms with van der Waals surface area (Å²) in [6.07, 6.45) is 6.33. The molecule has 2 rings (SSSR count). The van der Waals surface area contributed by atoms with Gasteiger partial charge >= 0.3 is 0 Å². The fourth-order valence-corrected chi connectivity index (χ4v) is 2.36. The Hall–Kier alpha value is -1.40. The highest BCUT2D eigenvalue weighted by atomic mass is 16.5.